The van der Waals surface area contributed by atoms with Crippen LogP contribution >= 0.6 is 15.9 Å². The second kappa shape index (κ2) is 6.98. The minimum atomic E-state index is -0.0456. The molecular weight excluding hydrogens is 346 g/mol. The van der Waals surface area contributed by atoms with Crippen LogP contribution in [0.3, 0.4) is 0 Å². The standard InChI is InChI=1S/C16H18BrN3O2/c17-13-3-1-4-14(11-13)18-16(21)20-8-6-19(7-9-20)12-15-5-2-10-22-15/h1-5,10-11H,6-9,12H2,(H,18,21). The number of furan rings is 1. The van der Waals surface area contributed by atoms with Crippen molar-refractivity contribution in [1.29, 1.82) is 0 Å². The Morgan fingerprint density at radius 3 is 2.68 bits per heavy atom. The molecule has 0 spiro atoms. The number of nitrogens with zero attached hydrogens (tertiary/aromatic N) is 2. The summed E-state index contributed by atoms with van der Waals surface area (Å²) in [5, 5.41) is 2.93. The Bertz CT molecular complexity index is 622. The molecular formula is C16H18BrN3O2. The highest BCUT2D eigenvalue weighted by atomic mass is 79.9. The summed E-state index contributed by atoms with van der Waals surface area (Å²) in [6.45, 7) is 3.95. The number of carbonyl (C=O) groups is 1. The predicted octanol–water partition coefficient (Wildman–Crippen LogP) is 3.39. The summed E-state index contributed by atoms with van der Waals surface area (Å²) < 4.78 is 6.31. The zero-order valence-corrected chi connectivity index (χ0v) is 13.8. The maximum Gasteiger partial charge on any atom is 0.321 e. The molecule has 116 valence electrons. The third-order valence-corrected chi connectivity index (χ3v) is 4.19. The molecule has 5 nitrogen and oxygen atoms in total. The number of carbonyl (C=O) groups excluding carboxylic acids is 1. The van der Waals surface area contributed by atoms with Crippen LogP contribution in [0.15, 0.2) is 51.6 Å². The van der Waals surface area contributed by atoms with Crippen LogP contribution < -0.4 is 5.32 Å². The highest BCUT2D eigenvalue weighted by Gasteiger charge is 2.21. The molecule has 0 unspecified atom stereocenters. The van der Waals surface area contributed by atoms with Gasteiger partial charge in [-0.2, -0.15) is 0 Å². The first kappa shape index (κ1) is 15.1. The third kappa shape index (κ3) is 3.90. The molecule has 22 heavy (non-hydrogen) atoms. The van der Waals surface area contributed by atoms with Crippen LogP contribution in [-0.4, -0.2) is 42.0 Å². The van der Waals surface area contributed by atoms with E-state index in [4.69, 9.17) is 4.42 Å². The average molecular weight is 364 g/mol. The van der Waals surface area contributed by atoms with E-state index in [9.17, 15) is 4.79 Å². The number of hydrogen-bond donors (Lipinski definition) is 1. The van der Waals surface area contributed by atoms with Crippen molar-refractivity contribution < 1.29 is 9.21 Å². The molecule has 0 aliphatic carbocycles. The number of hydrogen-bond acceptors (Lipinski definition) is 3. The lowest BCUT2D eigenvalue weighted by Crippen LogP contribution is -2.49. The molecule has 1 aromatic heterocycles. The molecule has 1 aliphatic rings. The Labute approximate surface area is 138 Å². The van der Waals surface area contributed by atoms with Gasteiger partial charge in [-0.25, -0.2) is 4.79 Å². The van der Waals surface area contributed by atoms with Crippen molar-refractivity contribution in [2.75, 3.05) is 31.5 Å². The SMILES string of the molecule is O=C(Nc1cccc(Br)c1)N1CCN(Cc2ccco2)CC1. The van der Waals surface area contributed by atoms with Gasteiger partial charge in [-0.1, -0.05) is 22.0 Å². The van der Waals surface area contributed by atoms with Crippen molar-refractivity contribution >= 4 is 27.6 Å². The summed E-state index contributed by atoms with van der Waals surface area (Å²) in [6.07, 6.45) is 1.69. The summed E-state index contributed by atoms with van der Waals surface area (Å²) in [4.78, 5) is 16.4. The molecule has 0 radical (unpaired) electrons. The molecule has 2 heterocycles. The van der Waals surface area contributed by atoms with E-state index >= 15 is 0 Å². The first-order valence-corrected chi connectivity index (χ1v) is 8.06. The molecule has 1 aliphatic heterocycles. The summed E-state index contributed by atoms with van der Waals surface area (Å²) >= 11 is 3.40. The minimum Gasteiger partial charge on any atom is -0.468 e. The van der Waals surface area contributed by atoms with Crippen LogP contribution in [0, 0.1) is 0 Å². The first-order valence-electron chi connectivity index (χ1n) is 7.27. The monoisotopic (exact) mass is 363 g/mol. The number of halogens is 1. The maximum absolute atomic E-state index is 12.3. The van der Waals surface area contributed by atoms with E-state index in [-0.39, 0.29) is 6.03 Å². The second-order valence-corrected chi connectivity index (χ2v) is 6.20. The van der Waals surface area contributed by atoms with E-state index in [0.717, 1.165) is 48.6 Å². The third-order valence-electron chi connectivity index (χ3n) is 3.69. The summed E-state index contributed by atoms with van der Waals surface area (Å²) in [6, 6.07) is 11.4. The number of piperazine rings is 1. The van der Waals surface area contributed by atoms with Crippen LogP contribution in [0.1, 0.15) is 5.76 Å². The Morgan fingerprint density at radius 2 is 2.00 bits per heavy atom. The fourth-order valence-electron chi connectivity index (χ4n) is 2.50. The largest absolute Gasteiger partial charge is 0.468 e. The van der Waals surface area contributed by atoms with Crippen LogP contribution in [-0.2, 0) is 6.54 Å². The van der Waals surface area contributed by atoms with Crippen molar-refractivity contribution in [1.82, 2.24) is 9.80 Å². The topological polar surface area (TPSA) is 48.7 Å². The van der Waals surface area contributed by atoms with Gasteiger partial charge in [-0.05, 0) is 30.3 Å². The Balaban J connectivity index is 1.49. The van der Waals surface area contributed by atoms with E-state index < -0.39 is 0 Å². The van der Waals surface area contributed by atoms with E-state index in [1.807, 2.05) is 41.3 Å². The molecule has 1 aromatic carbocycles. The lowest BCUT2D eigenvalue weighted by atomic mass is 10.3. The predicted molar refractivity (Wildman–Crippen MR) is 88.7 cm³/mol. The van der Waals surface area contributed by atoms with Crippen molar-refractivity contribution in [3.05, 3.63) is 52.9 Å². The number of urea groups is 1. The molecule has 3 rings (SSSR count). The van der Waals surface area contributed by atoms with Gasteiger partial charge < -0.3 is 14.6 Å². The van der Waals surface area contributed by atoms with Crippen LogP contribution in [0.5, 0.6) is 0 Å². The smallest absolute Gasteiger partial charge is 0.321 e. The van der Waals surface area contributed by atoms with Gasteiger partial charge in [-0.15, -0.1) is 0 Å². The van der Waals surface area contributed by atoms with E-state index in [2.05, 4.69) is 26.1 Å². The molecule has 6 heteroatoms. The van der Waals surface area contributed by atoms with Gasteiger partial charge in [-0.3, -0.25) is 4.90 Å². The quantitative estimate of drug-likeness (QED) is 0.908. The van der Waals surface area contributed by atoms with Crippen LogP contribution in [0.4, 0.5) is 10.5 Å². The van der Waals surface area contributed by atoms with Crippen molar-refractivity contribution in [2.24, 2.45) is 0 Å². The fourth-order valence-corrected chi connectivity index (χ4v) is 2.90. The zero-order valence-electron chi connectivity index (χ0n) is 12.2. The van der Waals surface area contributed by atoms with Crippen molar-refractivity contribution in [3.8, 4) is 0 Å². The summed E-state index contributed by atoms with van der Waals surface area (Å²) in [7, 11) is 0. The molecule has 1 fully saturated rings. The number of nitrogens with one attached hydrogen (secondary N) is 1. The maximum atomic E-state index is 12.3. The number of benzene rings is 1. The summed E-state index contributed by atoms with van der Waals surface area (Å²) in [5.41, 5.74) is 0.803. The van der Waals surface area contributed by atoms with Gasteiger partial charge >= 0.3 is 6.03 Å². The minimum absolute atomic E-state index is 0.0456. The van der Waals surface area contributed by atoms with E-state index in [0.29, 0.717) is 0 Å². The zero-order chi connectivity index (χ0) is 15.4. The molecule has 1 saturated heterocycles. The van der Waals surface area contributed by atoms with Gasteiger partial charge in [0.1, 0.15) is 5.76 Å². The molecule has 0 saturated carbocycles. The van der Waals surface area contributed by atoms with Gasteiger partial charge in [0.2, 0.25) is 0 Å². The van der Waals surface area contributed by atoms with Gasteiger partial charge in [0.25, 0.3) is 0 Å². The average Bonchev–Trinajstić information content (AvgIpc) is 3.01. The van der Waals surface area contributed by atoms with Gasteiger partial charge in [0.15, 0.2) is 0 Å². The van der Waals surface area contributed by atoms with Gasteiger partial charge in [0.05, 0.1) is 12.8 Å². The Morgan fingerprint density at radius 1 is 1.18 bits per heavy atom. The van der Waals surface area contributed by atoms with E-state index in [1.165, 1.54) is 0 Å². The molecule has 0 bridgehead atoms. The Hall–Kier alpha value is -1.79. The van der Waals surface area contributed by atoms with Crippen molar-refractivity contribution in [2.45, 2.75) is 6.54 Å². The summed E-state index contributed by atoms with van der Waals surface area (Å²) in [5.74, 6) is 0.965. The van der Waals surface area contributed by atoms with Gasteiger partial charge in [0, 0.05) is 36.3 Å². The fraction of sp³-hybridized carbons (Fsp3) is 0.312. The first-order chi connectivity index (χ1) is 10.7. The highest BCUT2D eigenvalue weighted by Crippen LogP contribution is 2.16. The van der Waals surface area contributed by atoms with Crippen molar-refractivity contribution in [3.63, 3.8) is 0 Å². The highest BCUT2D eigenvalue weighted by molar-refractivity contribution is 9.10. The van der Waals surface area contributed by atoms with Crippen LogP contribution in [0.25, 0.3) is 0 Å². The number of rotatable bonds is 3. The lowest BCUT2D eigenvalue weighted by Gasteiger charge is -2.34. The molecule has 2 aromatic rings. The normalized spacial score (nSPS) is 15.8. The molecule has 2 amide bonds. The number of amides is 2. The molecule has 1 N–H and O–H groups in total. The van der Waals surface area contributed by atoms with E-state index in [1.54, 1.807) is 6.26 Å². The molecule has 0 atom stereocenters. The van der Waals surface area contributed by atoms with Crippen LogP contribution in [0.2, 0.25) is 0 Å². The lowest BCUT2D eigenvalue weighted by molar-refractivity contribution is 0.137. The second-order valence-electron chi connectivity index (χ2n) is 5.28. The number of anilines is 1. The Kier molecular flexibility index (Phi) is 4.80.